The minimum absolute atomic E-state index is 0.0169. The van der Waals surface area contributed by atoms with E-state index in [9.17, 15) is 14.0 Å². The number of fused-ring (bicyclic) bond motifs is 1. The predicted molar refractivity (Wildman–Crippen MR) is 85.9 cm³/mol. The summed E-state index contributed by atoms with van der Waals surface area (Å²) in [6.07, 6.45) is 5.20. The standard InChI is InChI=1S/C18H20FNO3/c1-3-7-13-12(4-2)16(15-9-6-5-8-14(13)15)11-23-18(22)20-10-17(19)21/h3-9,12-13,16H,2,10-11H2,1H3,(H,20,22)/b7-3-. The highest BCUT2D eigenvalue weighted by Crippen LogP contribution is 2.47. The zero-order valence-corrected chi connectivity index (χ0v) is 13.0. The number of allylic oxidation sites excluding steroid dienone is 3. The topological polar surface area (TPSA) is 55.4 Å². The van der Waals surface area contributed by atoms with Gasteiger partial charge in [-0.05, 0) is 24.0 Å². The van der Waals surface area contributed by atoms with Gasteiger partial charge in [-0.15, -0.1) is 6.58 Å². The molecule has 0 saturated carbocycles. The van der Waals surface area contributed by atoms with E-state index in [4.69, 9.17) is 4.74 Å². The second-order valence-corrected chi connectivity index (χ2v) is 5.41. The first kappa shape index (κ1) is 16.9. The van der Waals surface area contributed by atoms with E-state index in [0.717, 1.165) is 5.56 Å². The van der Waals surface area contributed by atoms with Gasteiger partial charge in [0.25, 0.3) is 0 Å². The third-order valence-corrected chi connectivity index (χ3v) is 4.07. The van der Waals surface area contributed by atoms with Crippen LogP contribution in [0.25, 0.3) is 0 Å². The summed E-state index contributed by atoms with van der Waals surface area (Å²) < 4.78 is 17.3. The van der Waals surface area contributed by atoms with Crippen molar-refractivity contribution in [2.75, 3.05) is 13.2 Å². The summed E-state index contributed by atoms with van der Waals surface area (Å²) in [4.78, 5) is 21.8. The fourth-order valence-electron chi connectivity index (χ4n) is 3.13. The van der Waals surface area contributed by atoms with E-state index >= 15 is 0 Å². The van der Waals surface area contributed by atoms with Crippen LogP contribution in [0.1, 0.15) is 29.9 Å². The van der Waals surface area contributed by atoms with Crippen LogP contribution in [0.2, 0.25) is 0 Å². The molecule has 1 aliphatic rings. The highest BCUT2D eigenvalue weighted by atomic mass is 19.1. The molecule has 0 aromatic heterocycles. The summed E-state index contributed by atoms with van der Waals surface area (Å²) in [5, 5.41) is 2.07. The van der Waals surface area contributed by atoms with Gasteiger partial charge in [0.15, 0.2) is 0 Å². The van der Waals surface area contributed by atoms with E-state index in [2.05, 4.69) is 24.0 Å². The quantitative estimate of drug-likeness (QED) is 0.645. The van der Waals surface area contributed by atoms with Gasteiger partial charge < -0.3 is 10.1 Å². The van der Waals surface area contributed by atoms with Crippen LogP contribution in [0.5, 0.6) is 0 Å². The molecule has 3 unspecified atom stereocenters. The molecule has 1 amide bonds. The molecule has 0 aliphatic heterocycles. The number of hydrogen-bond acceptors (Lipinski definition) is 3. The van der Waals surface area contributed by atoms with Gasteiger partial charge in [-0.3, -0.25) is 4.79 Å². The molecule has 0 spiro atoms. The fraction of sp³-hybridized carbons (Fsp3) is 0.333. The zero-order valence-electron chi connectivity index (χ0n) is 13.0. The molecule has 0 heterocycles. The maximum Gasteiger partial charge on any atom is 0.407 e. The lowest BCUT2D eigenvalue weighted by atomic mass is 9.87. The first-order valence-corrected chi connectivity index (χ1v) is 7.51. The van der Waals surface area contributed by atoms with E-state index in [1.54, 1.807) is 0 Å². The third kappa shape index (κ3) is 3.86. The lowest BCUT2D eigenvalue weighted by molar-refractivity contribution is -0.128. The molecular formula is C18H20FNO3. The van der Waals surface area contributed by atoms with Crippen LogP contribution in [0.15, 0.2) is 49.1 Å². The number of carbonyl (C=O) groups is 2. The van der Waals surface area contributed by atoms with Gasteiger partial charge in [0.2, 0.25) is 0 Å². The van der Waals surface area contributed by atoms with Crippen LogP contribution >= 0.6 is 0 Å². The lowest BCUT2D eigenvalue weighted by Gasteiger charge is -2.20. The summed E-state index contributed by atoms with van der Waals surface area (Å²) in [7, 11) is 0. The third-order valence-electron chi connectivity index (χ3n) is 4.07. The second kappa shape index (κ2) is 7.72. The van der Waals surface area contributed by atoms with Gasteiger partial charge in [-0.1, -0.05) is 42.5 Å². The molecular weight excluding hydrogens is 297 g/mol. The number of halogens is 1. The van der Waals surface area contributed by atoms with Crippen molar-refractivity contribution in [1.29, 1.82) is 0 Å². The average molecular weight is 317 g/mol. The Bertz CT molecular complexity index is 626. The molecule has 0 radical (unpaired) electrons. The van der Waals surface area contributed by atoms with Gasteiger partial charge in [-0.2, -0.15) is 4.39 Å². The van der Waals surface area contributed by atoms with Gasteiger partial charge in [-0.25, -0.2) is 4.79 Å². The largest absolute Gasteiger partial charge is 0.449 e. The van der Waals surface area contributed by atoms with Crippen LogP contribution in [0, 0.1) is 5.92 Å². The van der Waals surface area contributed by atoms with E-state index in [1.165, 1.54) is 5.56 Å². The predicted octanol–water partition coefficient (Wildman–Crippen LogP) is 3.47. The Morgan fingerprint density at radius 2 is 2.04 bits per heavy atom. The highest BCUT2D eigenvalue weighted by molar-refractivity contribution is 5.77. The molecule has 122 valence electrons. The molecule has 4 nitrogen and oxygen atoms in total. The normalized spacial score (nSPS) is 22.6. The van der Waals surface area contributed by atoms with Crippen molar-refractivity contribution < 1.29 is 18.7 Å². The number of alkyl carbamates (subject to hydrolysis) is 1. The van der Waals surface area contributed by atoms with Gasteiger partial charge in [0.1, 0.15) is 13.2 Å². The van der Waals surface area contributed by atoms with Crippen molar-refractivity contribution in [3.05, 3.63) is 60.2 Å². The maximum atomic E-state index is 12.1. The molecule has 1 aromatic carbocycles. The van der Waals surface area contributed by atoms with Crippen molar-refractivity contribution >= 4 is 12.1 Å². The SMILES string of the molecule is C=CC1C(/C=C\C)c2ccccc2C1COC(=O)NCC(=O)F. The number of nitrogens with one attached hydrogen (secondary N) is 1. The van der Waals surface area contributed by atoms with E-state index in [1.807, 2.05) is 37.3 Å². The Balaban J connectivity index is 2.12. The Labute approximate surface area is 135 Å². The number of carbonyl (C=O) groups excluding carboxylic acids is 2. The average Bonchev–Trinajstić information content (AvgIpc) is 2.84. The summed E-state index contributed by atoms with van der Waals surface area (Å²) in [6, 6.07) is 6.42. The van der Waals surface area contributed by atoms with Crippen LogP contribution in [-0.2, 0) is 9.53 Å². The van der Waals surface area contributed by atoms with Crippen molar-refractivity contribution in [2.45, 2.75) is 18.8 Å². The zero-order chi connectivity index (χ0) is 16.8. The number of ether oxygens (including phenoxy) is 1. The molecule has 5 heteroatoms. The van der Waals surface area contributed by atoms with E-state index in [0.29, 0.717) is 0 Å². The second-order valence-electron chi connectivity index (χ2n) is 5.41. The van der Waals surface area contributed by atoms with Crippen LogP contribution < -0.4 is 5.32 Å². The van der Waals surface area contributed by atoms with Crippen molar-refractivity contribution in [2.24, 2.45) is 5.92 Å². The highest BCUT2D eigenvalue weighted by Gasteiger charge is 2.37. The number of rotatable bonds is 6. The van der Waals surface area contributed by atoms with Crippen LogP contribution in [0.3, 0.4) is 0 Å². The van der Waals surface area contributed by atoms with Gasteiger partial charge in [0, 0.05) is 11.8 Å². The molecule has 1 N–H and O–H groups in total. The summed E-state index contributed by atoms with van der Waals surface area (Å²) >= 11 is 0. The minimum Gasteiger partial charge on any atom is -0.449 e. The fourth-order valence-corrected chi connectivity index (χ4v) is 3.13. The first-order chi connectivity index (χ1) is 11.1. The Kier molecular flexibility index (Phi) is 5.68. The Morgan fingerprint density at radius 1 is 1.35 bits per heavy atom. The lowest BCUT2D eigenvalue weighted by Crippen LogP contribution is -2.30. The molecule has 0 fully saturated rings. The van der Waals surface area contributed by atoms with E-state index in [-0.39, 0.29) is 24.4 Å². The molecule has 3 atom stereocenters. The van der Waals surface area contributed by atoms with E-state index < -0.39 is 18.7 Å². The molecule has 2 rings (SSSR count). The van der Waals surface area contributed by atoms with Crippen molar-refractivity contribution in [1.82, 2.24) is 5.32 Å². The number of benzene rings is 1. The Hall–Kier alpha value is -2.43. The molecule has 0 saturated heterocycles. The minimum atomic E-state index is -1.61. The van der Waals surface area contributed by atoms with Gasteiger partial charge >= 0.3 is 12.1 Å². The first-order valence-electron chi connectivity index (χ1n) is 7.51. The number of amides is 1. The molecule has 1 aromatic rings. The summed E-state index contributed by atoms with van der Waals surface area (Å²) in [6.45, 7) is 5.35. The van der Waals surface area contributed by atoms with Gasteiger partial charge in [0.05, 0.1) is 0 Å². The molecule has 0 bridgehead atoms. The Morgan fingerprint density at radius 3 is 2.65 bits per heavy atom. The molecule has 1 aliphatic carbocycles. The monoisotopic (exact) mass is 317 g/mol. The van der Waals surface area contributed by atoms with Crippen molar-refractivity contribution in [3.63, 3.8) is 0 Å². The summed E-state index contributed by atoms with van der Waals surface area (Å²) in [5.41, 5.74) is 2.32. The van der Waals surface area contributed by atoms with Crippen LogP contribution in [0.4, 0.5) is 9.18 Å². The summed E-state index contributed by atoms with van der Waals surface area (Å²) in [5.74, 6) is 0.286. The van der Waals surface area contributed by atoms with Crippen LogP contribution in [-0.4, -0.2) is 25.3 Å². The number of hydrogen-bond donors (Lipinski definition) is 1. The molecule has 23 heavy (non-hydrogen) atoms. The maximum absolute atomic E-state index is 12.1. The van der Waals surface area contributed by atoms with Crippen molar-refractivity contribution in [3.8, 4) is 0 Å². The smallest absolute Gasteiger partial charge is 0.407 e.